The van der Waals surface area contributed by atoms with E-state index in [-0.39, 0.29) is 25.9 Å². The van der Waals surface area contributed by atoms with Gasteiger partial charge >= 0.3 is 25.7 Å². The lowest BCUT2D eigenvalue weighted by atomic mass is 10.0. The van der Waals surface area contributed by atoms with Gasteiger partial charge in [-0.2, -0.15) is 0 Å². The third kappa shape index (κ3) is 54.2. The Bertz CT molecular complexity index is 1430. The molecule has 0 radical (unpaired) electrons. The van der Waals surface area contributed by atoms with Crippen LogP contribution in [0.25, 0.3) is 0 Å². The Kier molecular flexibility index (Phi) is 54.7. The Hall–Kier alpha value is -2.56. The number of phosphoric acid groups is 1. The summed E-state index contributed by atoms with van der Waals surface area (Å²) in [5.74, 6) is -1.47. The van der Waals surface area contributed by atoms with Crippen LogP contribution < -0.4 is 0 Å². The van der Waals surface area contributed by atoms with Gasteiger partial charge in [-0.15, -0.1) is 0 Å². The van der Waals surface area contributed by atoms with Gasteiger partial charge in [-0.1, -0.05) is 236 Å². The van der Waals surface area contributed by atoms with Gasteiger partial charge in [-0.05, 0) is 83.5 Å². The lowest BCUT2D eigenvalue weighted by Gasteiger charge is -2.21. The lowest BCUT2D eigenvalue weighted by molar-refractivity contribution is -0.161. The second kappa shape index (κ2) is 56.6. The van der Waals surface area contributed by atoms with Crippen molar-refractivity contribution in [2.45, 2.75) is 303 Å². The van der Waals surface area contributed by atoms with Crippen LogP contribution in [0.3, 0.4) is 0 Å². The molecule has 12 heteroatoms. The number of phosphoric ester groups is 1. The molecule has 0 spiro atoms. The highest BCUT2D eigenvalue weighted by atomic mass is 31.2. The second-order valence-electron chi connectivity index (χ2n) is 20.5. The van der Waals surface area contributed by atoms with Crippen molar-refractivity contribution in [1.82, 2.24) is 0 Å². The molecule has 0 aromatic carbocycles. The molecule has 3 atom stereocenters. The zero-order valence-electron chi connectivity index (χ0n) is 47.8. The summed E-state index contributed by atoms with van der Waals surface area (Å²) < 4.78 is 39.6. The van der Waals surface area contributed by atoms with Gasteiger partial charge in [0, 0.05) is 19.3 Å². The molecule has 0 aliphatic carbocycles. The molecule has 0 aliphatic heterocycles. The smallest absolute Gasteiger partial charge is 0.462 e. The zero-order valence-corrected chi connectivity index (χ0v) is 48.7. The molecule has 0 aromatic heterocycles. The maximum atomic E-state index is 12.9. The molecule has 0 saturated carbocycles. The lowest BCUT2D eigenvalue weighted by Crippen LogP contribution is -2.30. The predicted octanol–water partition coefficient (Wildman–Crippen LogP) is 18.1. The second-order valence-corrected chi connectivity index (χ2v) is 22.0. The molecular formula is C62H113O11P. The minimum atomic E-state index is -4.75. The minimum absolute atomic E-state index is 0.153. The minimum Gasteiger partial charge on any atom is -0.462 e. The molecule has 0 fully saturated rings. The first kappa shape index (κ1) is 71.4. The number of carbonyl (C=O) groups is 3. The number of aliphatic hydroxyl groups is 1. The molecule has 0 amide bonds. The van der Waals surface area contributed by atoms with Crippen LogP contribution in [0.1, 0.15) is 290 Å². The van der Waals surface area contributed by atoms with Crippen molar-refractivity contribution in [3.63, 3.8) is 0 Å². The highest BCUT2D eigenvalue weighted by Gasteiger charge is 2.28. The molecular weight excluding hydrogens is 952 g/mol. The Morgan fingerprint density at radius 3 is 1.07 bits per heavy atom. The van der Waals surface area contributed by atoms with E-state index in [0.29, 0.717) is 19.3 Å². The summed E-state index contributed by atoms with van der Waals surface area (Å²) >= 11 is 0. The van der Waals surface area contributed by atoms with Crippen LogP contribution in [0.4, 0.5) is 0 Å². The number of aliphatic hydroxyl groups excluding tert-OH is 1. The van der Waals surface area contributed by atoms with Crippen molar-refractivity contribution >= 4 is 25.7 Å². The van der Waals surface area contributed by atoms with E-state index < -0.39 is 57.8 Å². The fraction of sp³-hybridized carbons (Fsp3) is 0.823. The summed E-state index contributed by atoms with van der Waals surface area (Å²) in [5.41, 5.74) is 0. The topological polar surface area (TPSA) is 155 Å². The van der Waals surface area contributed by atoms with E-state index >= 15 is 0 Å². The van der Waals surface area contributed by atoms with Crippen molar-refractivity contribution < 1.29 is 52.2 Å². The van der Waals surface area contributed by atoms with Crippen LogP contribution in [0.5, 0.6) is 0 Å². The van der Waals surface area contributed by atoms with E-state index in [9.17, 15) is 28.9 Å². The predicted molar refractivity (Wildman–Crippen MR) is 307 cm³/mol. The molecule has 0 aliphatic rings. The quantitative estimate of drug-likeness (QED) is 0.0197. The van der Waals surface area contributed by atoms with Crippen molar-refractivity contribution in [3.8, 4) is 0 Å². The van der Waals surface area contributed by atoms with Gasteiger partial charge in [0.1, 0.15) is 12.7 Å². The van der Waals surface area contributed by atoms with Gasteiger partial charge in [0.05, 0.1) is 19.8 Å². The summed E-state index contributed by atoms with van der Waals surface area (Å²) in [7, 11) is -4.75. The number of carbonyl (C=O) groups excluding carboxylic acids is 3. The van der Waals surface area contributed by atoms with E-state index in [2.05, 4.69) is 69.4 Å². The highest BCUT2D eigenvalue weighted by Crippen LogP contribution is 2.43. The van der Waals surface area contributed by atoms with Crippen LogP contribution in [-0.2, 0) is 42.2 Å². The maximum absolute atomic E-state index is 12.9. The number of rotatable bonds is 57. The summed E-state index contributed by atoms with van der Waals surface area (Å²) in [5, 5.41) is 9.83. The van der Waals surface area contributed by atoms with Crippen molar-refractivity contribution in [1.29, 1.82) is 0 Å². The molecule has 0 aromatic rings. The molecule has 74 heavy (non-hydrogen) atoms. The normalized spacial score (nSPS) is 13.6. The molecule has 0 heterocycles. The van der Waals surface area contributed by atoms with E-state index in [1.807, 2.05) is 0 Å². The van der Waals surface area contributed by atoms with Crippen molar-refractivity contribution in [2.75, 3.05) is 26.4 Å². The molecule has 0 saturated heterocycles. The molecule has 0 bridgehead atoms. The number of unbranched alkanes of at least 4 members (excludes halogenated alkanes) is 32. The number of hydrogen-bond donors (Lipinski definition) is 2. The summed E-state index contributed by atoms with van der Waals surface area (Å²) in [6.45, 7) is 4.62. The van der Waals surface area contributed by atoms with Crippen LogP contribution in [-0.4, -0.2) is 66.5 Å². The van der Waals surface area contributed by atoms with Crippen LogP contribution in [0, 0.1) is 0 Å². The van der Waals surface area contributed by atoms with Gasteiger partial charge in [-0.3, -0.25) is 23.4 Å². The van der Waals surface area contributed by atoms with Crippen LogP contribution >= 0.6 is 7.82 Å². The first-order valence-corrected chi connectivity index (χ1v) is 32.0. The van der Waals surface area contributed by atoms with Crippen LogP contribution in [0.2, 0.25) is 0 Å². The van der Waals surface area contributed by atoms with Gasteiger partial charge in [0.15, 0.2) is 6.10 Å². The average Bonchev–Trinajstić information content (AvgIpc) is 3.39. The van der Waals surface area contributed by atoms with Gasteiger partial charge in [-0.25, -0.2) is 4.57 Å². The standard InChI is InChI=1S/C62H113O11P/c1-4-7-10-13-16-19-22-25-27-28-29-30-32-35-38-41-44-47-50-53-62(66)73-59(55-69-60(64)51-48-45-42-39-36-33-24-21-18-15-12-9-6-3)57-71-74(67,68)70-56-58(54-63)72-61(65)52-49-46-43-40-37-34-31-26-23-20-17-14-11-8-5-2/h16,19,21,24-25,27,29-30,58-59,63H,4-15,17-18,20,22-23,26,28,31-57H2,1-3H3,(H,67,68)/b19-16-,24-21-,27-25-,30-29-. The fourth-order valence-corrected chi connectivity index (χ4v) is 9.32. The number of esters is 3. The Labute approximate surface area is 453 Å². The largest absolute Gasteiger partial charge is 0.472 e. The SMILES string of the molecule is CCCCC/C=C\C/C=C\C/C=C\CCCCCCCCC(=O)OC(COC(=O)CCCCCCC/C=C\CCCCCC)COP(=O)(O)OCC(CO)OC(=O)CCCCCCCCCCCCCCCCC. The Morgan fingerprint density at radius 1 is 0.378 bits per heavy atom. The number of hydrogen-bond acceptors (Lipinski definition) is 10. The van der Waals surface area contributed by atoms with E-state index in [1.165, 1.54) is 122 Å². The summed E-state index contributed by atoms with van der Waals surface area (Å²) in [6.07, 6.45) is 60.6. The maximum Gasteiger partial charge on any atom is 0.472 e. The first-order valence-electron chi connectivity index (χ1n) is 30.5. The number of ether oxygens (including phenoxy) is 3. The average molecular weight is 1070 g/mol. The first-order chi connectivity index (χ1) is 36.2. The summed E-state index contributed by atoms with van der Waals surface area (Å²) in [6, 6.07) is 0. The van der Waals surface area contributed by atoms with E-state index in [1.54, 1.807) is 0 Å². The highest BCUT2D eigenvalue weighted by molar-refractivity contribution is 7.47. The molecule has 2 N–H and O–H groups in total. The molecule has 432 valence electrons. The zero-order chi connectivity index (χ0) is 54.1. The Morgan fingerprint density at radius 2 is 0.662 bits per heavy atom. The van der Waals surface area contributed by atoms with Gasteiger partial charge in [0.2, 0.25) is 0 Å². The van der Waals surface area contributed by atoms with Crippen molar-refractivity contribution in [2.24, 2.45) is 0 Å². The van der Waals surface area contributed by atoms with Crippen LogP contribution in [0.15, 0.2) is 48.6 Å². The molecule has 11 nitrogen and oxygen atoms in total. The molecule has 3 unspecified atom stereocenters. The van der Waals surface area contributed by atoms with Crippen molar-refractivity contribution in [3.05, 3.63) is 48.6 Å². The van der Waals surface area contributed by atoms with Gasteiger partial charge < -0.3 is 24.2 Å². The van der Waals surface area contributed by atoms with E-state index in [4.69, 9.17) is 23.3 Å². The number of allylic oxidation sites excluding steroid dienone is 8. The Balaban J connectivity index is 4.70. The third-order valence-corrected chi connectivity index (χ3v) is 14.2. The molecule has 0 rings (SSSR count). The van der Waals surface area contributed by atoms with E-state index in [0.717, 1.165) is 109 Å². The fourth-order valence-electron chi connectivity index (χ4n) is 8.54. The van der Waals surface area contributed by atoms with Gasteiger partial charge in [0.25, 0.3) is 0 Å². The summed E-state index contributed by atoms with van der Waals surface area (Å²) in [4.78, 5) is 48.6. The third-order valence-electron chi connectivity index (χ3n) is 13.2. The monoisotopic (exact) mass is 1060 g/mol.